The average Bonchev–Trinajstić information content (AvgIpc) is 2.90. The molecule has 0 unspecified atom stereocenters. The lowest BCUT2D eigenvalue weighted by atomic mass is 9.99. The summed E-state index contributed by atoms with van der Waals surface area (Å²) in [6.45, 7) is 1.73. The Bertz CT molecular complexity index is 670. The predicted molar refractivity (Wildman–Crippen MR) is 84.1 cm³/mol. The maximum absolute atomic E-state index is 12.4. The minimum Gasteiger partial charge on any atom is -0.320 e. The van der Waals surface area contributed by atoms with Crippen LogP contribution in [0.15, 0.2) is 12.4 Å². The molecule has 24 heavy (non-hydrogen) atoms. The van der Waals surface area contributed by atoms with Crippen molar-refractivity contribution in [3.05, 3.63) is 23.5 Å². The van der Waals surface area contributed by atoms with Crippen molar-refractivity contribution in [3.8, 4) is 0 Å². The minimum atomic E-state index is -4.10. The van der Waals surface area contributed by atoms with Gasteiger partial charge >= 0.3 is 6.18 Å². The second kappa shape index (κ2) is 6.34. The largest absolute Gasteiger partial charge is 0.389 e. The molecule has 0 amide bonds. The van der Waals surface area contributed by atoms with Gasteiger partial charge in [-0.05, 0) is 55.9 Å². The first kappa shape index (κ1) is 17.8. The maximum Gasteiger partial charge on any atom is 0.389 e. The zero-order valence-electron chi connectivity index (χ0n) is 13.3. The van der Waals surface area contributed by atoms with Gasteiger partial charge in [0.05, 0.1) is 11.8 Å². The molecular weight excluding hydrogens is 343 g/mol. The fourth-order valence-electron chi connectivity index (χ4n) is 3.32. The van der Waals surface area contributed by atoms with Gasteiger partial charge in [0.15, 0.2) is 0 Å². The Morgan fingerprint density at radius 1 is 1.17 bits per heavy atom. The van der Waals surface area contributed by atoms with E-state index in [1.165, 1.54) is 3.97 Å². The first-order valence-corrected chi connectivity index (χ1v) is 9.76. The third-order valence-electron chi connectivity index (χ3n) is 4.86. The van der Waals surface area contributed by atoms with Gasteiger partial charge in [-0.25, -0.2) is 8.42 Å². The fourth-order valence-corrected chi connectivity index (χ4v) is 4.97. The van der Waals surface area contributed by atoms with Crippen LogP contribution in [0.25, 0.3) is 0 Å². The highest BCUT2D eigenvalue weighted by Crippen LogP contribution is 2.39. The second-order valence-corrected chi connectivity index (χ2v) is 8.68. The molecule has 136 valence electrons. The van der Waals surface area contributed by atoms with Gasteiger partial charge in [-0.15, -0.1) is 0 Å². The Morgan fingerprint density at radius 3 is 2.29 bits per heavy atom. The van der Waals surface area contributed by atoms with Gasteiger partial charge in [0.1, 0.15) is 0 Å². The molecule has 1 fully saturated rings. The van der Waals surface area contributed by atoms with Crippen LogP contribution in [-0.4, -0.2) is 48.9 Å². The number of nitrogens with zero attached hydrogens (tertiary/aromatic N) is 2. The van der Waals surface area contributed by atoms with Crippen LogP contribution in [-0.2, 0) is 10.0 Å². The van der Waals surface area contributed by atoms with E-state index in [2.05, 4.69) is 0 Å². The quantitative estimate of drug-likeness (QED) is 0.838. The summed E-state index contributed by atoms with van der Waals surface area (Å²) < 4.78 is 62.5. The molecule has 2 heterocycles. The number of aromatic nitrogens is 1. The molecule has 9 heteroatoms. The van der Waals surface area contributed by atoms with Gasteiger partial charge in [0.25, 0.3) is 0 Å². The molecule has 2 aliphatic rings. The highest BCUT2D eigenvalue weighted by atomic mass is 32.2. The van der Waals surface area contributed by atoms with Crippen LogP contribution < -0.4 is 5.73 Å². The van der Waals surface area contributed by atoms with E-state index in [0.717, 1.165) is 11.1 Å². The Kier molecular flexibility index (Phi) is 4.69. The summed E-state index contributed by atoms with van der Waals surface area (Å²) in [4.78, 5) is 1.99. The number of alkyl halides is 3. The lowest BCUT2D eigenvalue weighted by Crippen LogP contribution is -2.37. The normalized spacial score (nSPS) is 20.3. The SMILES string of the molecule is NC1c2cn(S(=O)(=O)CC3CCN(CCCC(F)(F)F)CC3)cc21. The zero-order valence-corrected chi connectivity index (χ0v) is 14.1. The summed E-state index contributed by atoms with van der Waals surface area (Å²) in [7, 11) is -3.38. The Morgan fingerprint density at radius 2 is 1.75 bits per heavy atom. The van der Waals surface area contributed by atoms with Crippen LogP contribution in [0.1, 0.15) is 42.9 Å². The molecule has 1 saturated heterocycles. The van der Waals surface area contributed by atoms with Crippen LogP contribution in [0, 0.1) is 5.92 Å². The van der Waals surface area contributed by atoms with E-state index >= 15 is 0 Å². The van der Waals surface area contributed by atoms with Crippen molar-refractivity contribution in [1.82, 2.24) is 8.87 Å². The monoisotopic (exact) mass is 365 g/mol. The summed E-state index contributed by atoms with van der Waals surface area (Å²) >= 11 is 0. The van der Waals surface area contributed by atoms with E-state index < -0.39 is 22.6 Å². The molecule has 0 atom stereocenters. The topological polar surface area (TPSA) is 68.3 Å². The van der Waals surface area contributed by atoms with Gasteiger partial charge in [-0.3, -0.25) is 3.97 Å². The van der Waals surface area contributed by atoms with Gasteiger partial charge in [0, 0.05) is 18.8 Å². The fraction of sp³-hybridized carbons (Fsp3) is 0.733. The third kappa shape index (κ3) is 4.12. The van der Waals surface area contributed by atoms with Crippen molar-refractivity contribution in [2.75, 3.05) is 25.4 Å². The molecule has 0 bridgehead atoms. The average molecular weight is 365 g/mol. The van der Waals surface area contributed by atoms with Crippen LogP contribution >= 0.6 is 0 Å². The molecule has 1 aliphatic carbocycles. The van der Waals surface area contributed by atoms with Gasteiger partial charge < -0.3 is 10.6 Å². The summed E-state index contributed by atoms with van der Waals surface area (Å²) in [5, 5.41) is 0. The number of hydrogen-bond donors (Lipinski definition) is 1. The standard InChI is InChI=1S/C15H22F3N3O2S/c16-15(17,18)4-1-5-20-6-2-11(3-7-20)10-24(22,23)21-8-12-13(9-21)14(12)19/h8-9,11,14H,1-7,10,19H2. The number of nitrogens with two attached hydrogens (primary N) is 1. The van der Waals surface area contributed by atoms with Crippen molar-refractivity contribution in [3.63, 3.8) is 0 Å². The molecule has 5 nitrogen and oxygen atoms in total. The number of hydrogen-bond acceptors (Lipinski definition) is 4. The molecule has 2 N–H and O–H groups in total. The van der Waals surface area contributed by atoms with E-state index in [9.17, 15) is 21.6 Å². The van der Waals surface area contributed by atoms with Crippen LogP contribution in [0.3, 0.4) is 0 Å². The molecule has 1 aliphatic heterocycles. The van der Waals surface area contributed by atoms with Crippen molar-refractivity contribution >= 4 is 10.0 Å². The maximum atomic E-state index is 12.4. The summed E-state index contributed by atoms with van der Waals surface area (Å²) in [5.74, 6) is 0.128. The van der Waals surface area contributed by atoms with E-state index in [1.807, 2.05) is 4.90 Å². The molecule has 1 aromatic rings. The third-order valence-corrected chi connectivity index (χ3v) is 6.61. The molecule has 0 saturated carbocycles. The van der Waals surface area contributed by atoms with Gasteiger partial charge in [0.2, 0.25) is 10.0 Å². The van der Waals surface area contributed by atoms with E-state index in [4.69, 9.17) is 5.73 Å². The number of piperidine rings is 1. The first-order chi connectivity index (χ1) is 11.2. The molecular formula is C15H22F3N3O2S. The summed E-state index contributed by atoms with van der Waals surface area (Å²) in [6, 6.07) is -0.101. The number of likely N-dealkylation sites (tertiary alicyclic amines) is 1. The molecule has 0 aromatic carbocycles. The Balaban J connectivity index is 1.44. The van der Waals surface area contributed by atoms with Crippen molar-refractivity contribution in [2.45, 2.75) is 37.9 Å². The molecule has 1 aromatic heterocycles. The number of rotatable bonds is 6. The predicted octanol–water partition coefficient (Wildman–Crippen LogP) is 2.08. The number of halogens is 3. The zero-order chi connectivity index (χ0) is 17.5. The smallest absolute Gasteiger partial charge is 0.320 e. The van der Waals surface area contributed by atoms with E-state index in [-0.39, 0.29) is 24.1 Å². The van der Waals surface area contributed by atoms with E-state index in [1.54, 1.807) is 12.4 Å². The van der Waals surface area contributed by atoms with Crippen LogP contribution in [0.4, 0.5) is 13.2 Å². The van der Waals surface area contributed by atoms with E-state index in [0.29, 0.717) is 32.5 Å². The highest BCUT2D eigenvalue weighted by Gasteiger charge is 2.34. The lowest BCUT2D eigenvalue weighted by Gasteiger charge is -2.31. The molecule has 3 rings (SSSR count). The van der Waals surface area contributed by atoms with Crippen molar-refractivity contribution in [2.24, 2.45) is 11.7 Å². The van der Waals surface area contributed by atoms with Crippen LogP contribution in [0.2, 0.25) is 0 Å². The Hall–Kier alpha value is -1.06. The lowest BCUT2D eigenvalue weighted by molar-refractivity contribution is -0.136. The van der Waals surface area contributed by atoms with Crippen molar-refractivity contribution < 1.29 is 21.6 Å². The van der Waals surface area contributed by atoms with Crippen molar-refractivity contribution in [1.29, 1.82) is 0 Å². The summed E-state index contributed by atoms with van der Waals surface area (Å²) in [6.07, 6.45) is -0.196. The van der Waals surface area contributed by atoms with Gasteiger partial charge in [-0.1, -0.05) is 0 Å². The number of fused-ring (bicyclic) bond motifs is 1. The van der Waals surface area contributed by atoms with Crippen LogP contribution in [0.5, 0.6) is 0 Å². The minimum absolute atomic E-state index is 0.0521. The van der Waals surface area contributed by atoms with Gasteiger partial charge in [-0.2, -0.15) is 13.2 Å². The highest BCUT2D eigenvalue weighted by molar-refractivity contribution is 7.89. The second-order valence-electron chi connectivity index (χ2n) is 6.76. The molecule has 0 spiro atoms. The molecule has 0 radical (unpaired) electrons. The summed E-state index contributed by atoms with van der Waals surface area (Å²) in [5.41, 5.74) is 7.48. The first-order valence-electron chi connectivity index (χ1n) is 8.15. The Labute approximate surface area is 139 Å².